The average molecular weight is 351 g/mol. The molecule has 0 radical (unpaired) electrons. The topological polar surface area (TPSA) is 15.8 Å². The van der Waals surface area contributed by atoms with Gasteiger partial charge in [0.1, 0.15) is 0 Å². The second-order valence-corrected chi connectivity index (χ2v) is 8.05. The van der Waals surface area contributed by atoms with E-state index in [1.165, 1.54) is 52.8 Å². The van der Waals surface area contributed by atoms with E-state index in [0.29, 0.717) is 0 Å². The molecule has 0 unspecified atom stereocenters. The van der Waals surface area contributed by atoms with Crippen LogP contribution >= 0.6 is 11.3 Å². The zero-order chi connectivity index (χ0) is 17.1. The molecule has 0 saturated carbocycles. The molecule has 0 spiro atoms. The van der Waals surface area contributed by atoms with Crippen LogP contribution in [0.3, 0.4) is 0 Å². The van der Waals surface area contributed by atoms with Gasteiger partial charge in [0.05, 0.1) is 0 Å². The molecule has 0 amide bonds. The molecule has 124 valence electrons. The van der Waals surface area contributed by atoms with Crippen LogP contribution in [-0.2, 0) is 0 Å². The van der Waals surface area contributed by atoms with E-state index in [1.807, 2.05) is 11.3 Å². The molecule has 0 atom stereocenters. The minimum atomic E-state index is 1.12. The molecule has 5 aromatic rings. The highest BCUT2D eigenvalue weighted by Crippen LogP contribution is 2.30. The minimum absolute atomic E-state index is 1.12. The summed E-state index contributed by atoms with van der Waals surface area (Å²) in [6, 6.07) is 24.3. The molecule has 6 rings (SSSR count). The van der Waals surface area contributed by atoms with Gasteiger partial charge in [-0.05, 0) is 58.8 Å². The Balaban J connectivity index is 1.70. The van der Waals surface area contributed by atoms with Crippen molar-refractivity contribution >= 4 is 54.9 Å². The molecule has 0 saturated heterocycles. The number of benzene rings is 3. The Kier molecular flexibility index (Phi) is 2.94. The van der Waals surface area contributed by atoms with Crippen LogP contribution in [0.15, 0.2) is 66.7 Å². The third kappa shape index (κ3) is 1.96. The Morgan fingerprint density at radius 1 is 0.769 bits per heavy atom. The number of thiophene rings is 1. The third-order valence-corrected chi connectivity index (χ3v) is 6.75. The van der Waals surface area contributed by atoms with Crippen LogP contribution < -0.4 is 9.75 Å². The molecule has 26 heavy (non-hydrogen) atoms. The van der Waals surface area contributed by atoms with Crippen LogP contribution in [0, 0.1) is 0 Å². The van der Waals surface area contributed by atoms with Crippen LogP contribution in [0.5, 0.6) is 0 Å². The number of rotatable bonds is 1. The zero-order valence-electron chi connectivity index (χ0n) is 14.3. The summed E-state index contributed by atoms with van der Waals surface area (Å²) in [6.07, 6.45) is 4.66. The molecule has 1 aliphatic carbocycles. The van der Waals surface area contributed by atoms with E-state index < -0.39 is 0 Å². The standard InChI is InChI=1S/C24H17NS/c1-3-10-21-17(6-1)20-14-15(12-13-22(20)25-21)16-8-5-9-19-18-7-2-4-11-23(18)26-24(16)19/h1-4,6-7,9-14,25H,5,8H2. The van der Waals surface area contributed by atoms with Crippen LogP contribution in [0.2, 0.25) is 0 Å². The van der Waals surface area contributed by atoms with Gasteiger partial charge in [0.25, 0.3) is 0 Å². The molecule has 2 heteroatoms. The number of hydrogen-bond acceptors (Lipinski definition) is 1. The molecule has 1 aliphatic rings. The second kappa shape index (κ2) is 5.33. The molecular weight excluding hydrogens is 334 g/mol. The van der Waals surface area contributed by atoms with E-state index in [1.54, 1.807) is 0 Å². The number of hydrogen-bond donors (Lipinski definition) is 1. The van der Waals surface area contributed by atoms with Crippen molar-refractivity contribution < 1.29 is 0 Å². The average Bonchev–Trinajstić information content (AvgIpc) is 3.25. The maximum absolute atomic E-state index is 3.54. The van der Waals surface area contributed by atoms with Crippen LogP contribution in [0.25, 0.3) is 43.5 Å². The highest BCUT2D eigenvalue weighted by atomic mass is 32.1. The molecule has 2 heterocycles. The van der Waals surface area contributed by atoms with Gasteiger partial charge in [-0.1, -0.05) is 48.5 Å². The van der Waals surface area contributed by atoms with Gasteiger partial charge in [0.2, 0.25) is 0 Å². The van der Waals surface area contributed by atoms with Gasteiger partial charge in [0.15, 0.2) is 0 Å². The Bertz CT molecular complexity index is 1430. The predicted octanol–water partition coefficient (Wildman–Crippen LogP) is 5.31. The first-order valence-electron chi connectivity index (χ1n) is 9.10. The largest absolute Gasteiger partial charge is 0.355 e. The van der Waals surface area contributed by atoms with Gasteiger partial charge in [-0.3, -0.25) is 0 Å². The molecule has 0 bridgehead atoms. The Morgan fingerprint density at radius 2 is 1.58 bits per heavy atom. The zero-order valence-corrected chi connectivity index (χ0v) is 15.1. The number of aromatic nitrogens is 1. The lowest BCUT2D eigenvalue weighted by Crippen LogP contribution is -2.24. The maximum atomic E-state index is 3.54. The smallest absolute Gasteiger partial charge is 0.0465 e. The Hall–Kier alpha value is -2.84. The molecule has 1 nitrogen and oxygen atoms in total. The summed E-state index contributed by atoms with van der Waals surface area (Å²) in [6.45, 7) is 0. The lowest BCUT2D eigenvalue weighted by Gasteiger charge is -2.10. The molecule has 1 N–H and O–H groups in total. The normalized spacial score (nSPS) is 14.1. The summed E-state index contributed by atoms with van der Waals surface area (Å²) < 4.78 is 2.85. The minimum Gasteiger partial charge on any atom is -0.355 e. The number of H-pyrrole nitrogens is 1. The first kappa shape index (κ1) is 14.3. The van der Waals surface area contributed by atoms with E-state index in [4.69, 9.17) is 0 Å². The first-order valence-corrected chi connectivity index (χ1v) is 9.92. The van der Waals surface area contributed by atoms with E-state index in [9.17, 15) is 0 Å². The van der Waals surface area contributed by atoms with Crippen molar-refractivity contribution in [3.63, 3.8) is 0 Å². The van der Waals surface area contributed by atoms with Crippen LogP contribution in [0.1, 0.15) is 18.4 Å². The van der Waals surface area contributed by atoms with E-state index in [2.05, 4.69) is 77.8 Å². The van der Waals surface area contributed by atoms with E-state index in [0.717, 1.165) is 12.8 Å². The Labute approximate surface area is 154 Å². The fourth-order valence-electron chi connectivity index (χ4n) is 4.28. The van der Waals surface area contributed by atoms with Gasteiger partial charge in [-0.25, -0.2) is 0 Å². The van der Waals surface area contributed by atoms with Crippen molar-refractivity contribution in [2.75, 3.05) is 0 Å². The van der Waals surface area contributed by atoms with E-state index >= 15 is 0 Å². The number of fused-ring (bicyclic) bond motifs is 6. The van der Waals surface area contributed by atoms with E-state index in [-0.39, 0.29) is 0 Å². The summed E-state index contributed by atoms with van der Waals surface area (Å²) in [5.41, 5.74) is 5.29. The molecular formula is C24H17NS. The monoisotopic (exact) mass is 351 g/mol. The fraction of sp³-hybridized carbons (Fsp3) is 0.0833. The first-order chi connectivity index (χ1) is 12.9. The SMILES string of the molecule is C1=c2c(sc3ccccc23)=C(c2ccc3[nH]c4ccccc4c3c2)CC1. The van der Waals surface area contributed by atoms with Gasteiger partial charge < -0.3 is 4.98 Å². The van der Waals surface area contributed by atoms with Crippen molar-refractivity contribution in [1.29, 1.82) is 0 Å². The summed E-state index contributed by atoms with van der Waals surface area (Å²) in [5, 5.41) is 5.47. The third-order valence-electron chi connectivity index (χ3n) is 5.51. The van der Waals surface area contributed by atoms with Gasteiger partial charge in [-0.15, -0.1) is 11.3 Å². The highest BCUT2D eigenvalue weighted by Gasteiger charge is 2.13. The van der Waals surface area contributed by atoms with Crippen molar-refractivity contribution in [2.45, 2.75) is 12.8 Å². The quantitative estimate of drug-likeness (QED) is 0.421. The fourth-order valence-corrected chi connectivity index (χ4v) is 5.58. The van der Waals surface area contributed by atoms with Crippen molar-refractivity contribution in [2.24, 2.45) is 0 Å². The summed E-state index contributed by atoms with van der Waals surface area (Å²) >= 11 is 1.94. The molecule has 0 aliphatic heterocycles. The highest BCUT2D eigenvalue weighted by molar-refractivity contribution is 7.17. The lowest BCUT2D eigenvalue weighted by atomic mass is 9.95. The lowest BCUT2D eigenvalue weighted by molar-refractivity contribution is 1.09. The summed E-state index contributed by atoms with van der Waals surface area (Å²) in [4.78, 5) is 3.54. The molecule has 3 aromatic carbocycles. The Morgan fingerprint density at radius 3 is 2.54 bits per heavy atom. The van der Waals surface area contributed by atoms with Crippen molar-refractivity contribution in [1.82, 2.24) is 4.98 Å². The van der Waals surface area contributed by atoms with Crippen molar-refractivity contribution in [3.05, 3.63) is 82.0 Å². The van der Waals surface area contributed by atoms with Gasteiger partial charge >= 0.3 is 0 Å². The number of nitrogens with one attached hydrogen (secondary N) is 1. The number of aromatic amines is 1. The van der Waals surface area contributed by atoms with Gasteiger partial charge in [-0.2, -0.15) is 0 Å². The molecule has 0 fully saturated rings. The van der Waals surface area contributed by atoms with Crippen molar-refractivity contribution in [3.8, 4) is 0 Å². The van der Waals surface area contributed by atoms with Crippen LogP contribution in [-0.4, -0.2) is 4.98 Å². The van der Waals surface area contributed by atoms with Crippen LogP contribution in [0.4, 0.5) is 0 Å². The van der Waals surface area contributed by atoms with Gasteiger partial charge in [0, 0.05) is 31.0 Å². The molecule has 2 aromatic heterocycles. The second-order valence-electron chi connectivity index (χ2n) is 6.99. The number of para-hydroxylation sites is 1. The summed E-state index contributed by atoms with van der Waals surface area (Å²) in [5.74, 6) is 0. The maximum Gasteiger partial charge on any atom is 0.0465 e. The summed E-state index contributed by atoms with van der Waals surface area (Å²) in [7, 11) is 0. The predicted molar refractivity (Wildman–Crippen MR) is 113 cm³/mol.